The predicted octanol–water partition coefficient (Wildman–Crippen LogP) is 2.35. The number of amides is 2. The van der Waals surface area contributed by atoms with Crippen LogP contribution >= 0.6 is 0 Å². The van der Waals surface area contributed by atoms with Crippen molar-refractivity contribution in [3.63, 3.8) is 0 Å². The molecule has 0 saturated carbocycles. The lowest BCUT2D eigenvalue weighted by Crippen LogP contribution is -2.58. The number of hydrogen-bond acceptors (Lipinski definition) is 4. The van der Waals surface area contributed by atoms with Crippen molar-refractivity contribution in [1.29, 1.82) is 0 Å². The van der Waals surface area contributed by atoms with Crippen LogP contribution in [0.3, 0.4) is 0 Å². The third-order valence-electron chi connectivity index (χ3n) is 5.99. The summed E-state index contributed by atoms with van der Waals surface area (Å²) < 4.78 is 17.6. The smallest absolute Gasteiger partial charge is 0.317 e. The molecule has 4 rings (SSSR count). The summed E-state index contributed by atoms with van der Waals surface area (Å²) in [5.74, 6) is 0.310. The van der Waals surface area contributed by atoms with E-state index in [1.54, 1.807) is 0 Å². The third-order valence-corrected chi connectivity index (χ3v) is 5.99. The topological polar surface area (TPSA) is 60.0 Å². The van der Waals surface area contributed by atoms with Gasteiger partial charge in [0.25, 0.3) is 0 Å². The molecule has 2 unspecified atom stereocenters. The Morgan fingerprint density at radius 1 is 1.23 bits per heavy atom. The van der Waals surface area contributed by atoms with Gasteiger partial charge in [-0.15, -0.1) is 0 Å². The number of nitrogens with one attached hydrogen (secondary N) is 1. The van der Waals surface area contributed by atoms with Crippen LogP contribution in [0.2, 0.25) is 0 Å². The van der Waals surface area contributed by atoms with E-state index in [9.17, 15) is 4.79 Å². The van der Waals surface area contributed by atoms with E-state index in [1.165, 1.54) is 5.56 Å². The van der Waals surface area contributed by atoms with Crippen molar-refractivity contribution in [2.75, 3.05) is 39.5 Å². The van der Waals surface area contributed by atoms with Gasteiger partial charge in [0.05, 0.1) is 25.4 Å². The number of carbonyl (C=O) groups is 1. The number of carbonyl (C=O) groups excluding carboxylic acids is 1. The van der Waals surface area contributed by atoms with Crippen LogP contribution in [0.25, 0.3) is 0 Å². The Hall–Kier alpha value is -1.63. The molecule has 0 aliphatic carbocycles. The summed E-state index contributed by atoms with van der Waals surface area (Å²) >= 11 is 0. The molecule has 1 aromatic carbocycles. The van der Waals surface area contributed by atoms with Crippen molar-refractivity contribution in [2.24, 2.45) is 5.92 Å². The summed E-state index contributed by atoms with van der Waals surface area (Å²) in [6.07, 6.45) is 1.92. The van der Waals surface area contributed by atoms with E-state index in [-0.39, 0.29) is 23.8 Å². The van der Waals surface area contributed by atoms with Gasteiger partial charge < -0.3 is 24.4 Å². The van der Waals surface area contributed by atoms with Gasteiger partial charge in [-0.2, -0.15) is 0 Å². The second kappa shape index (κ2) is 7.55. The average molecular weight is 360 g/mol. The summed E-state index contributed by atoms with van der Waals surface area (Å²) in [6.45, 7) is 5.92. The number of rotatable bonds is 3. The van der Waals surface area contributed by atoms with Gasteiger partial charge >= 0.3 is 6.03 Å². The van der Waals surface area contributed by atoms with Crippen molar-refractivity contribution in [3.05, 3.63) is 35.9 Å². The Morgan fingerprint density at radius 3 is 2.85 bits per heavy atom. The van der Waals surface area contributed by atoms with Crippen molar-refractivity contribution >= 4 is 6.03 Å². The number of nitrogens with zero attached hydrogens (tertiary/aromatic N) is 1. The Bertz CT molecular complexity index is 625. The lowest BCUT2D eigenvalue weighted by molar-refractivity contribution is -0.125. The van der Waals surface area contributed by atoms with Gasteiger partial charge in [0, 0.05) is 38.6 Å². The van der Waals surface area contributed by atoms with Crippen molar-refractivity contribution in [2.45, 2.75) is 37.6 Å². The first-order chi connectivity index (χ1) is 12.7. The fraction of sp³-hybridized carbons (Fsp3) is 0.650. The molecule has 1 aromatic rings. The van der Waals surface area contributed by atoms with Crippen LogP contribution in [0.15, 0.2) is 30.3 Å². The lowest BCUT2D eigenvalue weighted by atomic mass is 9.94. The molecule has 3 fully saturated rings. The molecule has 0 aromatic heterocycles. The quantitative estimate of drug-likeness (QED) is 0.899. The fourth-order valence-electron chi connectivity index (χ4n) is 4.33. The van der Waals surface area contributed by atoms with Gasteiger partial charge in [-0.25, -0.2) is 4.79 Å². The van der Waals surface area contributed by atoms with E-state index in [2.05, 4.69) is 17.4 Å². The highest BCUT2D eigenvalue weighted by Crippen LogP contribution is 2.35. The van der Waals surface area contributed by atoms with Gasteiger partial charge in [-0.05, 0) is 18.9 Å². The lowest BCUT2D eigenvalue weighted by Gasteiger charge is -2.42. The van der Waals surface area contributed by atoms with Crippen LogP contribution in [0.1, 0.15) is 31.4 Å². The van der Waals surface area contributed by atoms with Gasteiger partial charge in [0.2, 0.25) is 0 Å². The molecule has 3 aliphatic rings. The Labute approximate surface area is 154 Å². The van der Waals surface area contributed by atoms with Crippen molar-refractivity contribution in [1.82, 2.24) is 10.2 Å². The van der Waals surface area contributed by atoms with Crippen LogP contribution < -0.4 is 5.32 Å². The van der Waals surface area contributed by atoms with Gasteiger partial charge in [0.1, 0.15) is 5.60 Å². The fourth-order valence-corrected chi connectivity index (χ4v) is 4.33. The highest BCUT2D eigenvalue weighted by molar-refractivity contribution is 5.74. The molecule has 2 amide bonds. The maximum atomic E-state index is 12.7. The van der Waals surface area contributed by atoms with E-state index in [0.717, 1.165) is 19.4 Å². The maximum Gasteiger partial charge on any atom is 0.317 e. The number of hydrogen-bond donors (Lipinski definition) is 1. The minimum Gasteiger partial charge on any atom is -0.375 e. The largest absolute Gasteiger partial charge is 0.375 e. The highest BCUT2D eigenvalue weighted by Gasteiger charge is 2.47. The number of urea groups is 1. The van der Waals surface area contributed by atoms with Crippen molar-refractivity contribution < 1.29 is 19.0 Å². The number of benzene rings is 1. The molecule has 4 atom stereocenters. The van der Waals surface area contributed by atoms with Gasteiger partial charge in [-0.3, -0.25) is 0 Å². The zero-order valence-corrected chi connectivity index (χ0v) is 15.4. The predicted molar refractivity (Wildman–Crippen MR) is 96.9 cm³/mol. The molecule has 6 nitrogen and oxygen atoms in total. The molecule has 0 bridgehead atoms. The van der Waals surface area contributed by atoms with Gasteiger partial charge in [-0.1, -0.05) is 30.3 Å². The molecule has 0 radical (unpaired) electrons. The normalized spacial score (nSPS) is 34.3. The monoisotopic (exact) mass is 360 g/mol. The summed E-state index contributed by atoms with van der Waals surface area (Å²) in [6, 6.07) is 10.3. The second-order valence-corrected chi connectivity index (χ2v) is 7.53. The first-order valence-corrected chi connectivity index (χ1v) is 9.63. The van der Waals surface area contributed by atoms with Crippen LogP contribution in [-0.2, 0) is 14.2 Å². The Balaban J connectivity index is 1.33. The Kier molecular flexibility index (Phi) is 5.16. The zero-order chi connectivity index (χ0) is 18.0. The second-order valence-electron chi connectivity index (χ2n) is 7.53. The van der Waals surface area contributed by atoms with Crippen LogP contribution in [-0.4, -0.2) is 62.1 Å². The molecule has 3 heterocycles. The molecule has 3 saturated heterocycles. The average Bonchev–Trinajstić information content (AvgIpc) is 3.28. The maximum absolute atomic E-state index is 12.7. The highest BCUT2D eigenvalue weighted by atomic mass is 16.6. The minimum absolute atomic E-state index is 0.00881. The van der Waals surface area contributed by atoms with E-state index in [0.29, 0.717) is 38.8 Å². The van der Waals surface area contributed by atoms with Gasteiger partial charge in [0.15, 0.2) is 0 Å². The Morgan fingerprint density at radius 2 is 2.08 bits per heavy atom. The minimum atomic E-state index is -0.335. The van der Waals surface area contributed by atoms with Crippen molar-refractivity contribution in [3.8, 4) is 0 Å². The first kappa shape index (κ1) is 17.8. The first-order valence-electron chi connectivity index (χ1n) is 9.63. The van der Waals surface area contributed by atoms with E-state index in [4.69, 9.17) is 14.2 Å². The van der Waals surface area contributed by atoms with Crippen LogP contribution in [0.5, 0.6) is 0 Å². The molecule has 6 heteroatoms. The van der Waals surface area contributed by atoms with E-state index >= 15 is 0 Å². The summed E-state index contributed by atoms with van der Waals surface area (Å²) in [7, 11) is 0. The third kappa shape index (κ3) is 3.46. The molecule has 1 N–H and O–H groups in total. The molecular weight excluding hydrogens is 332 g/mol. The van der Waals surface area contributed by atoms with Crippen LogP contribution in [0, 0.1) is 5.92 Å². The molecule has 26 heavy (non-hydrogen) atoms. The molecular formula is C20H28N2O4. The summed E-state index contributed by atoms with van der Waals surface area (Å²) in [5, 5.41) is 3.13. The van der Waals surface area contributed by atoms with E-state index < -0.39 is 0 Å². The standard InChI is InChI=1S/C20H28N2O4/c1-15-20(8-11-24-15)14-22(9-12-26-20)19(23)21-13-17-7-10-25-18(17)16-5-3-2-4-6-16/h2-6,15,17-18H,7-14H2,1H3,(H,21,23)/t15?,17-,18-,20?/m1/s1. The number of morpholine rings is 1. The zero-order valence-electron chi connectivity index (χ0n) is 15.4. The molecule has 1 spiro atoms. The SMILES string of the molecule is CC1OCCC12CN(C(=O)NC[C@H]1CCO[C@@H]1c1ccccc1)CCO2. The molecule has 3 aliphatic heterocycles. The van der Waals surface area contributed by atoms with E-state index in [1.807, 2.05) is 30.0 Å². The molecule has 142 valence electrons. The summed E-state index contributed by atoms with van der Waals surface area (Å²) in [4.78, 5) is 14.6. The van der Waals surface area contributed by atoms with Crippen LogP contribution in [0.4, 0.5) is 4.79 Å². The summed E-state index contributed by atoms with van der Waals surface area (Å²) in [5.41, 5.74) is 0.852. The number of ether oxygens (including phenoxy) is 3.